The molecule has 0 aliphatic rings. The van der Waals surface area contributed by atoms with E-state index in [-0.39, 0.29) is 11.5 Å². The molecule has 0 fully saturated rings. The van der Waals surface area contributed by atoms with Crippen molar-refractivity contribution >= 4 is 11.5 Å². The van der Waals surface area contributed by atoms with Gasteiger partial charge in [-0.25, -0.2) is 4.68 Å². The Morgan fingerprint density at radius 1 is 1.33 bits per heavy atom. The fourth-order valence-electron chi connectivity index (χ4n) is 2.10. The van der Waals surface area contributed by atoms with Crippen LogP contribution in [0.4, 0.5) is 11.5 Å². The first-order chi connectivity index (χ1) is 9.77. The molecular weight excluding hydrogens is 272 g/mol. The van der Waals surface area contributed by atoms with E-state index in [1.54, 1.807) is 24.3 Å². The summed E-state index contributed by atoms with van der Waals surface area (Å²) in [6, 6.07) is 7.10. The van der Waals surface area contributed by atoms with Crippen molar-refractivity contribution in [3.8, 4) is 11.4 Å². The number of nitro groups is 1. The van der Waals surface area contributed by atoms with Crippen LogP contribution in [-0.4, -0.2) is 21.8 Å². The predicted octanol–water partition coefficient (Wildman–Crippen LogP) is 2.67. The van der Waals surface area contributed by atoms with E-state index in [9.17, 15) is 10.1 Å². The lowest BCUT2D eigenvalue weighted by atomic mass is 9.91. The van der Waals surface area contributed by atoms with Crippen LogP contribution >= 0.6 is 0 Å². The molecule has 0 bridgehead atoms. The summed E-state index contributed by atoms with van der Waals surface area (Å²) in [5, 5.41) is 15.7. The lowest BCUT2D eigenvalue weighted by molar-refractivity contribution is -0.385. The Kier molecular flexibility index (Phi) is 3.59. The highest BCUT2D eigenvalue weighted by Gasteiger charge is 2.34. The summed E-state index contributed by atoms with van der Waals surface area (Å²) in [7, 11) is 1.53. The third-order valence-corrected chi connectivity index (χ3v) is 3.10. The zero-order valence-electron chi connectivity index (χ0n) is 12.5. The molecule has 0 radical (unpaired) electrons. The topological polar surface area (TPSA) is 96.2 Å². The van der Waals surface area contributed by atoms with E-state index in [0.717, 1.165) is 0 Å². The van der Waals surface area contributed by atoms with Gasteiger partial charge >= 0.3 is 5.69 Å². The molecule has 1 aromatic heterocycles. The van der Waals surface area contributed by atoms with Crippen molar-refractivity contribution in [3.63, 3.8) is 0 Å². The minimum absolute atomic E-state index is 0.00516. The first kappa shape index (κ1) is 14.8. The van der Waals surface area contributed by atoms with Crippen molar-refractivity contribution < 1.29 is 9.66 Å². The molecule has 21 heavy (non-hydrogen) atoms. The monoisotopic (exact) mass is 290 g/mol. The number of nitrogens with two attached hydrogens (primary N) is 1. The molecule has 0 saturated heterocycles. The molecular formula is C14H18N4O3. The average molecular weight is 290 g/mol. The quantitative estimate of drug-likeness (QED) is 0.692. The average Bonchev–Trinajstić information content (AvgIpc) is 2.76. The minimum Gasteiger partial charge on any atom is -0.494 e. The predicted molar refractivity (Wildman–Crippen MR) is 79.9 cm³/mol. The summed E-state index contributed by atoms with van der Waals surface area (Å²) < 4.78 is 6.62. The maximum absolute atomic E-state index is 11.3. The molecule has 7 heteroatoms. The summed E-state index contributed by atoms with van der Waals surface area (Å²) >= 11 is 0. The smallest absolute Gasteiger partial charge is 0.334 e. The van der Waals surface area contributed by atoms with Crippen LogP contribution in [0.3, 0.4) is 0 Å². The molecule has 7 nitrogen and oxygen atoms in total. The molecule has 1 heterocycles. The Bertz CT molecular complexity index is 686. The molecule has 112 valence electrons. The molecule has 0 aliphatic carbocycles. The molecule has 0 unspecified atom stereocenters. The van der Waals surface area contributed by atoms with Crippen LogP contribution in [0.1, 0.15) is 26.5 Å². The number of hydrogen-bond acceptors (Lipinski definition) is 5. The standard InChI is InChI=1S/C14H18N4O3/c1-14(2,3)12-11(18(19)20)13(15)17(16-12)9-7-5-6-8-10(9)21-4/h5-8H,15H2,1-4H3. The van der Waals surface area contributed by atoms with Gasteiger partial charge in [0.15, 0.2) is 0 Å². The number of benzene rings is 1. The Hall–Kier alpha value is -2.57. The lowest BCUT2D eigenvalue weighted by Gasteiger charge is -2.13. The molecule has 2 rings (SSSR count). The number of ether oxygens (including phenoxy) is 1. The zero-order chi connectivity index (χ0) is 15.8. The van der Waals surface area contributed by atoms with E-state index in [0.29, 0.717) is 17.1 Å². The van der Waals surface area contributed by atoms with Crippen LogP contribution in [0.25, 0.3) is 5.69 Å². The highest BCUT2D eigenvalue weighted by molar-refractivity contribution is 5.63. The molecule has 1 aromatic carbocycles. The van der Waals surface area contributed by atoms with E-state index in [4.69, 9.17) is 10.5 Å². The Morgan fingerprint density at radius 2 is 1.95 bits per heavy atom. The summed E-state index contributed by atoms with van der Waals surface area (Å²) in [5.74, 6) is 0.538. The third kappa shape index (κ3) is 2.54. The van der Waals surface area contributed by atoms with E-state index in [1.165, 1.54) is 11.8 Å². The maximum Gasteiger partial charge on any atom is 0.334 e. The summed E-state index contributed by atoms with van der Waals surface area (Å²) in [4.78, 5) is 10.8. The molecule has 2 N–H and O–H groups in total. The van der Waals surface area contributed by atoms with Gasteiger partial charge in [-0.15, -0.1) is 0 Å². The van der Waals surface area contributed by atoms with E-state index in [2.05, 4.69) is 5.10 Å². The SMILES string of the molecule is COc1ccccc1-n1nc(C(C)(C)C)c([N+](=O)[O-])c1N. The van der Waals surface area contributed by atoms with Gasteiger partial charge in [-0.3, -0.25) is 10.1 Å². The third-order valence-electron chi connectivity index (χ3n) is 3.10. The van der Waals surface area contributed by atoms with Crippen LogP contribution in [0.5, 0.6) is 5.75 Å². The van der Waals surface area contributed by atoms with Crippen molar-refractivity contribution in [2.24, 2.45) is 0 Å². The van der Waals surface area contributed by atoms with Gasteiger partial charge in [0.25, 0.3) is 0 Å². The van der Waals surface area contributed by atoms with Gasteiger partial charge in [0, 0.05) is 5.41 Å². The fraction of sp³-hybridized carbons (Fsp3) is 0.357. The number of methoxy groups -OCH3 is 1. The summed E-state index contributed by atoms with van der Waals surface area (Å²) in [6.07, 6.45) is 0. The molecule has 0 amide bonds. The number of rotatable bonds is 3. The first-order valence-electron chi connectivity index (χ1n) is 6.44. The van der Waals surface area contributed by atoms with Crippen LogP contribution in [-0.2, 0) is 5.41 Å². The van der Waals surface area contributed by atoms with Gasteiger partial charge in [-0.05, 0) is 12.1 Å². The van der Waals surface area contributed by atoms with E-state index < -0.39 is 10.3 Å². The van der Waals surface area contributed by atoms with Gasteiger partial charge in [-0.2, -0.15) is 5.10 Å². The molecule has 0 atom stereocenters. The second kappa shape index (κ2) is 5.08. The van der Waals surface area contributed by atoms with Crippen molar-refractivity contribution in [3.05, 3.63) is 40.1 Å². The molecule has 0 aliphatic heterocycles. The summed E-state index contributed by atoms with van der Waals surface area (Å²) in [6.45, 7) is 5.57. The van der Waals surface area contributed by atoms with Crippen LogP contribution in [0, 0.1) is 10.1 Å². The van der Waals surface area contributed by atoms with Crippen molar-refractivity contribution in [1.82, 2.24) is 9.78 Å². The van der Waals surface area contributed by atoms with Gasteiger partial charge in [0.2, 0.25) is 5.82 Å². The minimum atomic E-state index is -0.496. The zero-order valence-corrected chi connectivity index (χ0v) is 12.5. The maximum atomic E-state index is 11.3. The number of anilines is 1. The molecule has 0 spiro atoms. The van der Waals surface area contributed by atoms with E-state index in [1.807, 2.05) is 20.8 Å². The number of nitrogens with zero attached hydrogens (tertiary/aromatic N) is 3. The lowest BCUT2D eigenvalue weighted by Crippen LogP contribution is -2.14. The Labute approximate surface area is 122 Å². The number of nitrogen functional groups attached to an aromatic ring is 1. The van der Waals surface area contributed by atoms with Crippen molar-refractivity contribution in [2.45, 2.75) is 26.2 Å². The fourth-order valence-corrected chi connectivity index (χ4v) is 2.10. The van der Waals surface area contributed by atoms with Crippen LogP contribution in [0.2, 0.25) is 0 Å². The number of para-hydroxylation sites is 2. The second-order valence-corrected chi connectivity index (χ2v) is 5.67. The van der Waals surface area contributed by atoms with Crippen molar-refractivity contribution in [2.75, 3.05) is 12.8 Å². The van der Waals surface area contributed by atoms with E-state index >= 15 is 0 Å². The largest absolute Gasteiger partial charge is 0.494 e. The van der Waals surface area contributed by atoms with Gasteiger partial charge < -0.3 is 10.5 Å². The van der Waals surface area contributed by atoms with Gasteiger partial charge in [-0.1, -0.05) is 32.9 Å². The van der Waals surface area contributed by atoms with Gasteiger partial charge in [0.1, 0.15) is 17.1 Å². The highest BCUT2D eigenvalue weighted by Crippen LogP contribution is 2.37. The first-order valence-corrected chi connectivity index (χ1v) is 6.44. The Morgan fingerprint density at radius 3 is 2.43 bits per heavy atom. The van der Waals surface area contributed by atoms with Crippen LogP contribution in [0.15, 0.2) is 24.3 Å². The van der Waals surface area contributed by atoms with Crippen molar-refractivity contribution in [1.29, 1.82) is 0 Å². The van der Waals surface area contributed by atoms with Crippen LogP contribution < -0.4 is 10.5 Å². The number of hydrogen-bond donors (Lipinski definition) is 1. The normalized spacial score (nSPS) is 11.4. The molecule has 2 aromatic rings. The number of aromatic nitrogens is 2. The highest BCUT2D eigenvalue weighted by atomic mass is 16.6. The second-order valence-electron chi connectivity index (χ2n) is 5.67. The molecule has 0 saturated carbocycles. The summed E-state index contributed by atoms with van der Waals surface area (Å²) in [5.41, 5.74) is 6.21. The Balaban J connectivity index is 2.75. The van der Waals surface area contributed by atoms with Gasteiger partial charge in [0.05, 0.1) is 12.0 Å².